The third-order valence-electron chi connectivity index (χ3n) is 2.58. The van der Waals surface area contributed by atoms with E-state index in [0.29, 0.717) is 5.69 Å². The zero-order valence-electron chi connectivity index (χ0n) is 9.00. The molecule has 2 aromatic rings. The van der Waals surface area contributed by atoms with Crippen molar-refractivity contribution >= 4 is 33.4 Å². The first-order valence-electron chi connectivity index (χ1n) is 5.14. The highest BCUT2D eigenvalue weighted by molar-refractivity contribution is 9.10. The van der Waals surface area contributed by atoms with Crippen LogP contribution in [0, 0.1) is 0 Å². The van der Waals surface area contributed by atoms with E-state index in [0.717, 1.165) is 9.37 Å². The molecule has 2 amide bonds. The van der Waals surface area contributed by atoms with Crippen molar-refractivity contribution < 1.29 is 9.59 Å². The van der Waals surface area contributed by atoms with Crippen LogP contribution in [0.1, 0.15) is 21.0 Å². The zero-order chi connectivity index (χ0) is 12.7. The van der Waals surface area contributed by atoms with Crippen molar-refractivity contribution in [3.63, 3.8) is 0 Å². The van der Waals surface area contributed by atoms with Gasteiger partial charge in [0.05, 0.1) is 5.69 Å². The van der Waals surface area contributed by atoms with Gasteiger partial charge >= 0.3 is 0 Å². The Morgan fingerprint density at radius 3 is 2.17 bits per heavy atom. The SMILES string of the molecule is O=C1c2nccnc2C(=O)N1c1cccc(Br)c1. The summed E-state index contributed by atoms with van der Waals surface area (Å²) < 4.78 is 0.789. The standard InChI is InChI=1S/C12H6BrN3O2/c13-7-2-1-3-8(6-7)16-11(17)9-10(12(16)18)15-5-4-14-9/h1-6H. The molecule has 1 aliphatic heterocycles. The van der Waals surface area contributed by atoms with Crippen LogP contribution in [0.25, 0.3) is 0 Å². The lowest BCUT2D eigenvalue weighted by molar-refractivity contribution is 0.0923. The van der Waals surface area contributed by atoms with E-state index in [1.165, 1.54) is 12.4 Å². The second-order valence-electron chi connectivity index (χ2n) is 3.68. The summed E-state index contributed by atoms with van der Waals surface area (Å²) in [7, 11) is 0. The van der Waals surface area contributed by atoms with Crippen LogP contribution >= 0.6 is 15.9 Å². The molecule has 0 bridgehead atoms. The minimum absolute atomic E-state index is 0.0995. The molecular formula is C12H6BrN3O2. The van der Waals surface area contributed by atoms with Crippen LogP contribution in [0.15, 0.2) is 41.1 Å². The highest BCUT2D eigenvalue weighted by Crippen LogP contribution is 2.27. The zero-order valence-corrected chi connectivity index (χ0v) is 10.6. The highest BCUT2D eigenvalue weighted by Gasteiger charge is 2.39. The lowest BCUT2D eigenvalue weighted by Gasteiger charge is -2.13. The van der Waals surface area contributed by atoms with E-state index in [1.54, 1.807) is 18.2 Å². The largest absolute Gasteiger partial charge is 0.286 e. The number of imide groups is 1. The molecule has 5 nitrogen and oxygen atoms in total. The van der Waals surface area contributed by atoms with Crippen LogP contribution < -0.4 is 4.90 Å². The minimum Gasteiger partial charge on any atom is -0.266 e. The topological polar surface area (TPSA) is 63.2 Å². The van der Waals surface area contributed by atoms with Gasteiger partial charge in [-0.3, -0.25) is 9.59 Å². The monoisotopic (exact) mass is 303 g/mol. The maximum Gasteiger partial charge on any atom is 0.286 e. The Labute approximate surface area is 111 Å². The predicted octanol–water partition coefficient (Wildman–Crippen LogP) is 2.04. The molecule has 3 rings (SSSR count). The van der Waals surface area contributed by atoms with Crippen LogP contribution in [0.4, 0.5) is 5.69 Å². The second-order valence-corrected chi connectivity index (χ2v) is 4.59. The van der Waals surface area contributed by atoms with Gasteiger partial charge in [-0.05, 0) is 18.2 Å². The number of carbonyl (C=O) groups excluding carboxylic acids is 2. The Morgan fingerprint density at radius 1 is 1.00 bits per heavy atom. The smallest absolute Gasteiger partial charge is 0.266 e. The molecule has 6 heteroatoms. The number of amides is 2. The van der Waals surface area contributed by atoms with Crippen LogP contribution in [-0.2, 0) is 0 Å². The summed E-state index contributed by atoms with van der Waals surface area (Å²) in [6.45, 7) is 0. The molecule has 1 aromatic heterocycles. The lowest BCUT2D eigenvalue weighted by atomic mass is 10.3. The van der Waals surface area contributed by atoms with E-state index in [-0.39, 0.29) is 11.4 Å². The van der Waals surface area contributed by atoms with E-state index < -0.39 is 11.8 Å². The number of aromatic nitrogens is 2. The number of nitrogens with zero attached hydrogens (tertiary/aromatic N) is 3. The van der Waals surface area contributed by atoms with E-state index >= 15 is 0 Å². The molecule has 1 aromatic carbocycles. The predicted molar refractivity (Wildman–Crippen MR) is 67.3 cm³/mol. The Morgan fingerprint density at radius 2 is 1.61 bits per heavy atom. The molecule has 0 saturated heterocycles. The number of rotatable bonds is 1. The Hall–Kier alpha value is -2.08. The fourth-order valence-electron chi connectivity index (χ4n) is 1.80. The number of carbonyl (C=O) groups is 2. The quantitative estimate of drug-likeness (QED) is 0.756. The van der Waals surface area contributed by atoms with Crippen molar-refractivity contribution in [2.45, 2.75) is 0 Å². The first kappa shape index (κ1) is 11.0. The Bertz CT molecular complexity index is 637. The average molecular weight is 304 g/mol. The number of hydrogen-bond acceptors (Lipinski definition) is 4. The molecule has 0 unspecified atom stereocenters. The third kappa shape index (κ3) is 1.53. The third-order valence-corrected chi connectivity index (χ3v) is 3.07. The summed E-state index contributed by atoms with van der Waals surface area (Å²) in [5.74, 6) is -0.887. The number of hydrogen-bond donors (Lipinski definition) is 0. The molecule has 0 atom stereocenters. The fraction of sp³-hybridized carbons (Fsp3) is 0. The van der Waals surface area contributed by atoms with Crippen molar-refractivity contribution in [2.75, 3.05) is 4.90 Å². The number of halogens is 1. The summed E-state index contributed by atoms with van der Waals surface area (Å²) in [6.07, 6.45) is 2.79. The van der Waals surface area contributed by atoms with Crippen molar-refractivity contribution in [1.82, 2.24) is 9.97 Å². The number of fused-ring (bicyclic) bond motifs is 1. The molecule has 0 radical (unpaired) electrons. The molecule has 0 saturated carbocycles. The van der Waals surface area contributed by atoms with Crippen molar-refractivity contribution in [3.05, 3.63) is 52.5 Å². The van der Waals surface area contributed by atoms with Gasteiger partial charge in [-0.15, -0.1) is 0 Å². The number of benzene rings is 1. The Balaban J connectivity index is 2.12. The van der Waals surface area contributed by atoms with Gasteiger partial charge < -0.3 is 0 Å². The van der Waals surface area contributed by atoms with Crippen LogP contribution in [0.2, 0.25) is 0 Å². The summed E-state index contributed by atoms with van der Waals surface area (Å²) in [5, 5.41) is 0. The normalized spacial score (nSPS) is 13.9. The van der Waals surface area contributed by atoms with Gasteiger partial charge in [0.25, 0.3) is 11.8 Å². The van der Waals surface area contributed by atoms with Crippen molar-refractivity contribution in [2.24, 2.45) is 0 Å². The minimum atomic E-state index is -0.443. The molecule has 18 heavy (non-hydrogen) atoms. The summed E-state index contributed by atoms with van der Waals surface area (Å²) in [4.78, 5) is 33.1. The van der Waals surface area contributed by atoms with Crippen molar-refractivity contribution in [3.8, 4) is 0 Å². The second kappa shape index (κ2) is 3.99. The highest BCUT2D eigenvalue weighted by atomic mass is 79.9. The molecule has 0 fully saturated rings. The van der Waals surface area contributed by atoms with Gasteiger partial charge in [-0.1, -0.05) is 22.0 Å². The first-order valence-corrected chi connectivity index (χ1v) is 5.93. The summed E-state index contributed by atoms with van der Waals surface area (Å²) in [5.41, 5.74) is 0.698. The average Bonchev–Trinajstić information content (AvgIpc) is 2.63. The van der Waals surface area contributed by atoms with Gasteiger partial charge in [0, 0.05) is 16.9 Å². The molecule has 88 valence electrons. The fourth-order valence-corrected chi connectivity index (χ4v) is 2.19. The van der Waals surface area contributed by atoms with Crippen molar-refractivity contribution in [1.29, 1.82) is 0 Å². The molecule has 2 heterocycles. The summed E-state index contributed by atoms with van der Waals surface area (Å²) in [6, 6.07) is 6.95. The van der Waals surface area contributed by atoms with Crippen LogP contribution in [0.5, 0.6) is 0 Å². The van der Waals surface area contributed by atoms with Gasteiger partial charge in [0.2, 0.25) is 0 Å². The molecule has 0 spiro atoms. The van der Waals surface area contributed by atoms with Crippen LogP contribution in [-0.4, -0.2) is 21.8 Å². The van der Waals surface area contributed by atoms with E-state index in [2.05, 4.69) is 25.9 Å². The molecular weight excluding hydrogens is 298 g/mol. The van der Waals surface area contributed by atoms with Gasteiger partial charge in [-0.25, -0.2) is 14.9 Å². The molecule has 0 N–H and O–H groups in total. The lowest BCUT2D eigenvalue weighted by Crippen LogP contribution is -2.29. The maximum atomic E-state index is 12.1. The molecule has 0 aliphatic carbocycles. The maximum absolute atomic E-state index is 12.1. The van der Waals surface area contributed by atoms with E-state index in [1.807, 2.05) is 6.07 Å². The van der Waals surface area contributed by atoms with E-state index in [9.17, 15) is 9.59 Å². The molecule has 1 aliphatic rings. The Kier molecular flexibility index (Phi) is 2.45. The first-order chi connectivity index (χ1) is 8.68. The summed E-state index contributed by atoms with van der Waals surface area (Å²) >= 11 is 3.30. The van der Waals surface area contributed by atoms with E-state index in [4.69, 9.17) is 0 Å². The van der Waals surface area contributed by atoms with Gasteiger partial charge in [0.1, 0.15) is 0 Å². The van der Waals surface area contributed by atoms with Gasteiger partial charge in [0.15, 0.2) is 11.4 Å². The van der Waals surface area contributed by atoms with Crippen LogP contribution in [0.3, 0.4) is 0 Å². The number of anilines is 1. The van der Waals surface area contributed by atoms with Gasteiger partial charge in [-0.2, -0.15) is 0 Å².